The van der Waals surface area contributed by atoms with Crippen molar-refractivity contribution in [3.63, 3.8) is 0 Å². The van der Waals surface area contributed by atoms with Crippen molar-refractivity contribution in [2.45, 2.75) is 0 Å². The second-order valence-corrected chi connectivity index (χ2v) is 3.90. The van der Waals surface area contributed by atoms with Crippen LogP contribution in [0.15, 0.2) is 48.0 Å². The second kappa shape index (κ2) is 6.90. The minimum absolute atomic E-state index is 0.177. The van der Waals surface area contributed by atoms with E-state index in [0.29, 0.717) is 5.56 Å². The fourth-order valence-electron chi connectivity index (χ4n) is 1.46. The first-order valence-electron chi connectivity index (χ1n) is 5.98. The first-order chi connectivity index (χ1) is 10.2. The molecule has 0 aliphatic carbocycles. The molecule has 0 atom stereocenters. The third kappa shape index (κ3) is 3.93. The van der Waals surface area contributed by atoms with Gasteiger partial charge in [-0.15, -0.1) is 0 Å². The average Bonchev–Trinajstić information content (AvgIpc) is 2.55. The number of esters is 1. The van der Waals surface area contributed by atoms with Crippen molar-refractivity contribution in [2.75, 3.05) is 7.11 Å². The minimum Gasteiger partial charge on any atom is -0.465 e. The van der Waals surface area contributed by atoms with Crippen LogP contribution in [0.1, 0.15) is 26.4 Å². The minimum atomic E-state index is -0.453. The molecule has 1 N–H and O–H groups in total. The first kappa shape index (κ1) is 14.3. The summed E-state index contributed by atoms with van der Waals surface area (Å²) in [5.41, 5.74) is 3.68. The molecule has 0 unspecified atom stereocenters. The largest absolute Gasteiger partial charge is 0.465 e. The van der Waals surface area contributed by atoms with Gasteiger partial charge >= 0.3 is 5.97 Å². The SMILES string of the molecule is COC(=O)c1ccc(/C=N/NC(=O)c2cnccn2)cc1. The zero-order valence-electron chi connectivity index (χ0n) is 11.2. The summed E-state index contributed by atoms with van der Waals surface area (Å²) in [6.07, 6.45) is 5.69. The van der Waals surface area contributed by atoms with Crippen LogP contribution in [0.3, 0.4) is 0 Å². The number of rotatable bonds is 4. The second-order valence-electron chi connectivity index (χ2n) is 3.90. The summed E-state index contributed by atoms with van der Waals surface area (Å²) in [7, 11) is 1.32. The monoisotopic (exact) mass is 284 g/mol. The van der Waals surface area contributed by atoms with Gasteiger partial charge in [0.2, 0.25) is 0 Å². The molecule has 1 heterocycles. The number of amides is 1. The zero-order chi connectivity index (χ0) is 15.1. The molecule has 2 rings (SSSR count). The third-order valence-electron chi connectivity index (χ3n) is 2.51. The van der Waals surface area contributed by atoms with E-state index in [1.807, 2.05) is 0 Å². The summed E-state index contributed by atoms with van der Waals surface area (Å²) in [5.74, 6) is -0.861. The van der Waals surface area contributed by atoms with Crippen molar-refractivity contribution < 1.29 is 14.3 Å². The highest BCUT2D eigenvalue weighted by Gasteiger charge is 2.05. The quantitative estimate of drug-likeness (QED) is 0.514. The van der Waals surface area contributed by atoms with Crippen molar-refractivity contribution in [1.29, 1.82) is 0 Å². The number of hydrogen-bond acceptors (Lipinski definition) is 6. The van der Waals surface area contributed by atoms with Gasteiger partial charge in [-0.05, 0) is 17.7 Å². The number of methoxy groups -OCH3 is 1. The van der Waals surface area contributed by atoms with Crippen LogP contribution >= 0.6 is 0 Å². The number of nitrogens with one attached hydrogen (secondary N) is 1. The van der Waals surface area contributed by atoms with E-state index < -0.39 is 11.9 Å². The molecule has 1 amide bonds. The molecular formula is C14H12N4O3. The highest BCUT2D eigenvalue weighted by Crippen LogP contribution is 2.03. The predicted molar refractivity (Wildman–Crippen MR) is 74.9 cm³/mol. The molecular weight excluding hydrogens is 272 g/mol. The van der Waals surface area contributed by atoms with Crippen LogP contribution < -0.4 is 5.43 Å². The van der Waals surface area contributed by atoms with Gasteiger partial charge in [0.1, 0.15) is 5.69 Å². The Bertz CT molecular complexity index is 654. The number of benzene rings is 1. The molecule has 0 saturated heterocycles. The van der Waals surface area contributed by atoms with Crippen LogP contribution in [0.5, 0.6) is 0 Å². The molecule has 0 spiro atoms. The number of carbonyl (C=O) groups excluding carboxylic acids is 2. The number of hydrazone groups is 1. The van der Waals surface area contributed by atoms with Gasteiger partial charge < -0.3 is 4.74 Å². The number of ether oxygens (including phenoxy) is 1. The molecule has 0 aliphatic heterocycles. The number of hydrogen-bond donors (Lipinski definition) is 1. The molecule has 0 aliphatic rings. The van der Waals surface area contributed by atoms with Gasteiger partial charge in [0.05, 0.1) is 25.1 Å². The Kier molecular flexibility index (Phi) is 4.70. The Morgan fingerprint density at radius 3 is 2.62 bits per heavy atom. The summed E-state index contributed by atoms with van der Waals surface area (Å²) in [6, 6.07) is 6.59. The Hall–Kier alpha value is -3.09. The molecule has 0 saturated carbocycles. The highest BCUT2D eigenvalue weighted by atomic mass is 16.5. The van der Waals surface area contributed by atoms with Gasteiger partial charge in [0.25, 0.3) is 5.91 Å². The lowest BCUT2D eigenvalue weighted by Gasteiger charge is -1.99. The van der Waals surface area contributed by atoms with Crippen LogP contribution in [-0.4, -0.2) is 35.2 Å². The van der Waals surface area contributed by atoms with Crippen LogP contribution in [-0.2, 0) is 4.74 Å². The Morgan fingerprint density at radius 2 is 2.00 bits per heavy atom. The van der Waals surface area contributed by atoms with Gasteiger partial charge in [0, 0.05) is 12.4 Å². The van der Waals surface area contributed by atoms with Crippen LogP contribution in [0, 0.1) is 0 Å². The lowest BCUT2D eigenvalue weighted by molar-refractivity contribution is 0.0600. The summed E-state index contributed by atoms with van der Waals surface area (Å²) < 4.78 is 4.60. The van der Waals surface area contributed by atoms with E-state index >= 15 is 0 Å². The Morgan fingerprint density at radius 1 is 1.24 bits per heavy atom. The molecule has 106 valence electrons. The van der Waals surface area contributed by atoms with Crippen molar-refractivity contribution in [1.82, 2.24) is 15.4 Å². The molecule has 7 heteroatoms. The van der Waals surface area contributed by atoms with E-state index in [2.05, 4.69) is 25.2 Å². The lowest BCUT2D eigenvalue weighted by atomic mass is 10.1. The summed E-state index contributed by atoms with van der Waals surface area (Å²) in [6.45, 7) is 0. The van der Waals surface area contributed by atoms with E-state index in [4.69, 9.17) is 0 Å². The summed E-state index contributed by atoms with van der Waals surface area (Å²) in [4.78, 5) is 30.5. The van der Waals surface area contributed by atoms with Gasteiger partial charge in [-0.2, -0.15) is 5.10 Å². The van der Waals surface area contributed by atoms with E-state index in [-0.39, 0.29) is 5.69 Å². The number of nitrogens with zero attached hydrogens (tertiary/aromatic N) is 3. The number of aromatic nitrogens is 2. The third-order valence-corrected chi connectivity index (χ3v) is 2.51. The molecule has 1 aromatic heterocycles. The molecule has 21 heavy (non-hydrogen) atoms. The fourth-order valence-corrected chi connectivity index (χ4v) is 1.46. The van der Waals surface area contributed by atoms with Gasteiger partial charge in [-0.1, -0.05) is 12.1 Å². The van der Waals surface area contributed by atoms with E-state index in [1.54, 1.807) is 24.3 Å². The number of carbonyl (C=O) groups is 2. The summed E-state index contributed by atoms with van der Waals surface area (Å²) in [5, 5.41) is 3.80. The van der Waals surface area contributed by atoms with Crippen LogP contribution in [0.25, 0.3) is 0 Å². The topological polar surface area (TPSA) is 93.5 Å². The van der Waals surface area contributed by atoms with Gasteiger partial charge in [-0.3, -0.25) is 9.78 Å². The Balaban J connectivity index is 1.95. The van der Waals surface area contributed by atoms with Crippen LogP contribution in [0.2, 0.25) is 0 Å². The van der Waals surface area contributed by atoms with Crippen molar-refractivity contribution in [2.24, 2.45) is 5.10 Å². The van der Waals surface area contributed by atoms with Crippen LogP contribution in [0.4, 0.5) is 0 Å². The lowest BCUT2D eigenvalue weighted by Crippen LogP contribution is -2.19. The molecule has 0 bridgehead atoms. The molecule has 7 nitrogen and oxygen atoms in total. The Labute approximate surface area is 120 Å². The normalized spacial score (nSPS) is 10.3. The van der Waals surface area contributed by atoms with E-state index in [0.717, 1.165) is 5.56 Å². The van der Waals surface area contributed by atoms with E-state index in [1.165, 1.54) is 31.9 Å². The van der Waals surface area contributed by atoms with Crippen molar-refractivity contribution in [3.8, 4) is 0 Å². The maximum absolute atomic E-state index is 11.6. The first-order valence-corrected chi connectivity index (χ1v) is 5.98. The molecule has 1 aromatic carbocycles. The smallest absolute Gasteiger partial charge is 0.337 e. The standard InChI is InChI=1S/C14H12N4O3/c1-21-14(20)11-4-2-10(3-5-11)8-17-18-13(19)12-9-15-6-7-16-12/h2-9H,1H3,(H,18,19)/b17-8+. The van der Waals surface area contributed by atoms with Crippen molar-refractivity contribution in [3.05, 3.63) is 59.7 Å². The molecule has 0 radical (unpaired) electrons. The maximum atomic E-state index is 11.6. The molecule has 0 fully saturated rings. The highest BCUT2D eigenvalue weighted by molar-refractivity contribution is 5.93. The zero-order valence-corrected chi connectivity index (χ0v) is 11.2. The van der Waals surface area contributed by atoms with E-state index in [9.17, 15) is 9.59 Å². The summed E-state index contributed by atoms with van der Waals surface area (Å²) >= 11 is 0. The fraction of sp³-hybridized carbons (Fsp3) is 0.0714. The average molecular weight is 284 g/mol. The molecule has 2 aromatic rings. The van der Waals surface area contributed by atoms with Gasteiger partial charge in [0.15, 0.2) is 0 Å². The predicted octanol–water partition coefficient (Wildman–Crippen LogP) is 1.03. The van der Waals surface area contributed by atoms with Crippen molar-refractivity contribution >= 4 is 18.1 Å². The van der Waals surface area contributed by atoms with Gasteiger partial charge in [-0.25, -0.2) is 15.2 Å². The maximum Gasteiger partial charge on any atom is 0.337 e.